The van der Waals surface area contributed by atoms with Gasteiger partial charge >= 0.3 is 6.03 Å². The molecule has 2 aliphatic rings. The second-order valence-corrected chi connectivity index (χ2v) is 8.47. The Bertz CT molecular complexity index is 797. The second kappa shape index (κ2) is 6.12. The van der Waals surface area contributed by atoms with Crippen molar-refractivity contribution in [3.8, 4) is 0 Å². The molecule has 0 aliphatic carbocycles. The molecule has 0 unspecified atom stereocenters. The molecule has 1 aromatic carbocycles. The monoisotopic (exact) mass is 349 g/mol. The van der Waals surface area contributed by atoms with Gasteiger partial charge in [0.1, 0.15) is 0 Å². The molecule has 1 fully saturated rings. The minimum atomic E-state index is -3.24. The van der Waals surface area contributed by atoms with Crippen LogP contribution in [0.5, 0.6) is 0 Å². The molecule has 2 aliphatic heterocycles. The highest BCUT2D eigenvalue weighted by atomic mass is 32.2. The summed E-state index contributed by atoms with van der Waals surface area (Å²) < 4.78 is 25.0. The van der Waals surface area contributed by atoms with E-state index in [1.165, 1.54) is 16.1 Å². The van der Waals surface area contributed by atoms with Gasteiger partial charge in [0.05, 0.1) is 11.9 Å². The van der Waals surface area contributed by atoms with Crippen LogP contribution in [0, 0.1) is 0 Å². The Kier molecular flexibility index (Phi) is 4.29. The van der Waals surface area contributed by atoms with Crippen molar-refractivity contribution in [3.63, 3.8) is 0 Å². The minimum Gasteiger partial charge on any atom is -0.319 e. The largest absolute Gasteiger partial charge is 0.324 e. The topological polar surface area (TPSA) is 60.9 Å². The number of sulfonamides is 1. The summed E-state index contributed by atoms with van der Waals surface area (Å²) in [4.78, 5) is 16.1. The predicted molar refractivity (Wildman–Crippen MR) is 96.1 cm³/mol. The molecule has 3 rings (SSSR count). The molecule has 1 aromatic rings. The van der Waals surface area contributed by atoms with Gasteiger partial charge in [0, 0.05) is 31.9 Å². The number of fused-ring (bicyclic) bond motifs is 1. The van der Waals surface area contributed by atoms with Crippen molar-refractivity contribution in [2.45, 2.75) is 20.3 Å². The molecule has 130 valence electrons. The van der Waals surface area contributed by atoms with Crippen molar-refractivity contribution < 1.29 is 13.2 Å². The van der Waals surface area contributed by atoms with Gasteiger partial charge in [-0.05, 0) is 44.0 Å². The van der Waals surface area contributed by atoms with Gasteiger partial charge in [-0.2, -0.15) is 0 Å². The summed E-state index contributed by atoms with van der Waals surface area (Å²) in [5.41, 5.74) is 3.75. The average Bonchev–Trinajstić information content (AvgIpc) is 3.07. The molecule has 0 spiro atoms. The Morgan fingerprint density at radius 2 is 1.96 bits per heavy atom. The number of carbonyl (C=O) groups excluding carboxylic acids is 1. The van der Waals surface area contributed by atoms with E-state index in [9.17, 15) is 13.2 Å². The molecule has 0 atom stereocenters. The van der Waals surface area contributed by atoms with Crippen LogP contribution in [0.25, 0.3) is 0 Å². The van der Waals surface area contributed by atoms with Crippen LogP contribution in [-0.2, 0) is 16.4 Å². The van der Waals surface area contributed by atoms with Crippen LogP contribution in [0.3, 0.4) is 0 Å². The van der Waals surface area contributed by atoms with E-state index in [1.54, 1.807) is 4.90 Å². The van der Waals surface area contributed by atoms with Gasteiger partial charge in [-0.15, -0.1) is 0 Å². The quantitative estimate of drug-likeness (QED) is 0.783. The van der Waals surface area contributed by atoms with Crippen LogP contribution in [0.4, 0.5) is 16.2 Å². The Morgan fingerprint density at radius 1 is 1.21 bits per heavy atom. The molecule has 7 heteroatoms. The highest BCUT2D eigenvalue weighted by Gasteiger charge is 2.31. The van der Waals surface area contributed by atoms with Crippen LogP contribution in [-0.4, -0.2) is 51.8 Å². The fourth-order valence-corrected chi connectivity index (χ4v) is 4.11. The molecular weight excluding hydrogens is 326 g/mol. The third-order valence-corrected chi connectivity index (χ3v) is 5.62. The summed E-state index contributed by atoms with van der Waals surface area (Å²) in [6, 6.07) is 5.60. The number of hydrogen-bond donors (Lipinski definition) is 0. The van der Waals surface area contributed by atoms with Crippen LogP contribution in [0.15, 0.2) is 29.8 Å². The smallest absolute Gasteiger partial charge is 0.319 e. The summed E-state index contributed by atoms with van der Waals surface area (Å²) >= 11 is 0. The van der Waals surface area contributed by atoms with E-state index in [0.29, 0.717) is 32.6 Å². The third kappa shape index (κ3) is 3.13. The lowest BCUT2D eigenvalue weighted by Crippen LogP contribution is -2.32. The number of nitrogens with zero attached hydrogens (tertiary/aromatic N) is 3. The summed E-state index contributed by atoms with van der Waals surface area (Å²) in [5, 5.41) is 0. The van der Waals surface area contributed by atoms with E-state index in [0.717, 1.165) is 16.9 Å². The van der Waals surface area contributed by atoms with Crippen molar-refractivity contribution in [2.24, 2.45) is 0 Å². The predicted octanol–water partition coefficient (Wildman–Crippen LogP) is 2.22. The minimum absolute atomic E-state index is 0.00501. The summed E-state index contributed by atoms with van der Waals surface area (Å²) in [6.45, 7) is 6.50. The normalized spacial score (nSPS) is 17.5. The Labute approximate surface area is 143 Å². The summed E-state index contributed by atoms with van der Waals surface area (Å²) in [6.07, 6.45) is 3.95. The number of benzene rings is 1. The van der Waals surface area contributed by atoms with Crippen molar-refractivity contribution in [1.29, 1.82) is 0 Å². The Hall–Kier alpha value is -2.02. The third-order valence-electron chi connectivity index (χ3n) is 4.44. The van der Waals surface area contributed by atoms with E-state index in [-0.39, 0.29) is 6.03 Å². The van der Waals surface area contributed by atoms with Gasteiger partial charge in [0.15, 0.2) is 0 Å². The Balaban J connectivity index is 1.80. The zero-order valence-electron chi connectivity index (χ0n) is 14.3. The van der Waals surface area contributed by atoms with E-state index in [1.807, 2.05) is 43.0 Å². The lowest BCUT2D eigenvalue weighted by Gasteiger charge is -2.20. The fourth-order valence-electron chi connectivity index (χ4n) is 3.15. The molecule has 24 heavy (non-hydrogen) atoms. The van der Waals surface area contributed by atoms with Gasteiger partial charge in [0.2, 0.25) is 10.0 Å². The molecule has 2 heterocycles. The molecule has 2 amide bonds. The molecule has 0 bridgehead atoms. The number of rotatable bonds is 4. The maximum atomic E-state index is 12.6. The highest BCUT2D eigenvalue weighted by Crippen LogP contribution is 2.34. The number of hydrogen-bond acceptors (Lipinski definition) is 3. The van der Waals surface area contributed by atoms with Crippen molar-refractivity contribution in [1.82, 2.24) is 4.90 Å². The number of amides is 2. The summed E-state index contributed by atoms with van der Waals surface area (Å²) in [7, 11) is -3.24. The first kappa shape index (κ1) is 16.8. The van der Waals surface area contributed by atoms with E-state index < -0.39 is 10.0 Å². The summed E-state index contributed by atoms with van der Waals surface area (Å²) in [5.74, 6) is 0. The van der Waals surface area contributed by atoms with Crippen molar-refractivity contribution in [2.75, 3.05) is 41.6 Å². The van der Waals surface area contributed by atoms with Crippen LogP contribution < -0.4 is 9.21 Å². The van der Waals surface area contributed by atoms with Crippen LogP contribution >= 0.6 is 0 Å². The molecular formula is C17H23N3O3S. The molecule has 1 saturated heterocycles. The Morgan fingerprint density at radius 3 is 2.62 bits per heavy atom. The second-order valence-electron chi connectivity index (χ2n) is 6.56. The fraction of sp³-hybridized carbons (Fsp3) is 0.471. The number of urea groups is 1. The van der Waals surface area contributed by atoms with Gasteiger partial charge < -0.3 is 4.90 Å². The van der Waals surface area contributed by atoms with Gasteiger partial charge in [0.25, 0.3) is 0 Å². The lowest BCUT2D eigenvalue weighted by molar-refractivity contribution is 0.225. The van der Waals surface area contributed by atoms with Crippen LogP contribution in [0.2, 0.25) is 0 Å². The first-order valence-corrected chi connectivity index (χ1v) is 9.92. The standard InChI is InChI=1S/C17H23N3O3S/c1-13(2)6-8-18-10-11-19(17(18)21)15-4-5-16-14(12-15)7-9-20(16)24(3,22)23/h4-6,12H,7-11H2,1-3H3. The SMILES string of the molecule is CC(C)=CCN1CCN(c2ccc3c(c2)CCN3S(C)(=O)=O)C1=O. The maximum absolute atomic E-state index is 12.6. The first-order chi connectivity index (χ1) is 11.3. The van der Waals surface area contributed by atoms with Crippen molar-refractivity contribution in [3.05, 3.63) is 35.4 Å². The highest BCUT2D eigenvalue weighted by molar-refractivity contribution is 7.92. The average molecular weight is 349 g/mol. The van der Waals surface area contributed by atoms with E-state index in [2.05, 4.69) is 0 Å². The number of carbonyl (C=O) groups is 1. The molecule has 0 radical (unpaired) electrons. The molecule has 0 N–H and O–H groups in total. The lowest BCUT2D eigenvalue weighted by atomic mass is 10.1. The van der Waals surface area contributed by atoms with E-state index in [4.69, 9.17) is 0 Å². The van der Waals surface area contributed by atoms with Crippen molar-refractivity contribution >= 4 is 27.4 Å². The number of anilines is 2. The van der Waals surface area contributed by atoms with Crippen LogP contribution in [0.1, 0.15) is 19.4 Å². The van der Waals surface area contributed by atoms with E-state index >= 15 is 0 Å². The first-order valence-electron chi connectivity index (χ1n) is 8.08. The van der Waals surface area contributed by atoms with Gasteiger partial charge in [-0.25, -0.2) is 13.2 Å². The zero-order chi connectivity index (χ0) is 17.5. The molecule has 6 nitrogen and oxygen atoms in total. The molecule has 0 saturated carbocycles. The zero-order valence-corrected chi connectivity index (χ0v) is 15.1. The van der Waals surface area contributed by atoms with Gasteiger partial charge in [-0.1, -0.05) is 11.6 Å². The maximum Gasteiger partial charge on any atom is 0.324 e. The number of allylic oxidation sites excluding steroid dienone is 1. The molecule has 0 aromatic heterocycles. The van der Waals surface area contributed by atoms with Gasteiger partial charge in [-0.3, -0.25) is 9.21 Å².